The Labute approximate surface area is 129 Å². The average Bonchev–Trinajstić information content (AvgIpc) is 2.74. The molecule has 0 saturated carbocycles. The van der Waals surface area contributed by atoms with Gasteiger partial charge in [0, 0.05) is 30.7 Å². The number of anilines is 1. The number of thioether (sulfide) groups is 1. The molecule has 1 unspecified atom stereocenters. The van der Waals surface area contributed by atoms with E-state index in [2.05, 4.69) is 26.2 Å². The van der Waals surface area contributed by atoms with Crippen molar-refractivity contribution < 1.29 is 9.59 Å². The number of benzene rings is 1. The molecule has 0 aromatic heterocycles. The van der Waals surface area contributed by atoms with Crippen molar-refractivity contribution in [2.24, 2.45) is 4.99 Å². The van der Waals surface area contributed by atoms with Crippen LogP contribution >= 0.6 is 27.7 Å². The number of halogens is 1. The molecule has 1 N–H and O–H groups in total. The zero-order chi connectivity index (χ0) is 14.7. The van der Waals surface area contributed by atoms with Gasteiger partial charge in [-0.2, -0.15) is 4.99 Å². The largest absolute Gasteiger partial charge is 0.357 e. The van der Waals surface area contributed by atoms with E-state index in [9.17, 15) is 9.59 Å². The summed E-state index contributed by atoms with van der Waals surface area (Å²) in [6.45, 7) is 0. The average molecular weight is 356 g/mol. The summed E-state index contributed by atoms with van der Waals surface area (Å²) >= 11 is 4.66. The van der Waals surface area contributed by atoms with E-state index >= 15 is 0 Å². The van der Waals surface area contributed by atoms with Crippen LogP contribution < -0.4 is 5.32 Å². The molecule has 1 aliphatic rings. The Kier molecular flexibility index (Phi) is 4.82. The standard InChI is InChI=1S/C13H14BrN3O2S/c1-17(2)13-16-12(19)10(20-13)7-11(18)15-9-5-3-8(14)4-6-9/h3-6,10H,7H2,1-2H3,(H,15,18). The number of nitrogens with zero attached hydrogens (tertiary/aromatic N) is 2. The van der Waals surface area contributed by atoms with Crippen molar-refractivity contribution in [3.05, 3.63) is 28.7 Å². The van der Waals surface area contributed by atoms with Gasteiger partial charge >= 0.3 is 0 Å². The van der Waals surface area contributed by atoms with Crippen molar-refractivity contribution in [3.8, 4) is 0 Å². The van der Waals surface area contributed by atoms with Gasteiger partial charge in [-0.1, -0.05) is 27.7 Å². The van der Waals surface area contributed by atoms with Crippen molar-refractivity contribution in [1.82, 2.24) is 4.90 Å². The molecule has 2 rings (SSSR count). The van der Waals surface area contributed by atoms with Gasteiger partial charge < -0.3 is 10.2 Å². The summed E-state index contributed by atoms with van der Waals surface area (Å²) in [5, 5.41) is 2.99. The molecule has 1 atom stereocenters. The van der Waals surface area contributed by atoms with E-state index in [1.54, 1.807) is 17.0 Å². The second-order valence-electron chi connectivity index (χ2n) is 4.49. The number of rotatable bonds is 3. The second kappa shape index (κ2) is 6.41. The Morgan fingerprint density at radius 1 is 1.40 bits per heavy atom. The van der Waals surface area contributed by atoms with Crippen LogP contribution in [0.25, 0.3) is 0 Å². The lowest BCUT2D eigenvalue weighted by Crippen LogP contribution is -2.22. The molecule has 7 heteroatoms. The minimum absolute atomic E-state index is 0.125. The van der Waals surface area contributed by atoms with Gasteiger partial charge in [0.2, 0.25) is 5.91 Å². The molecule has 2 amide bonds. The van der Waals surface area contributed by atoms with Crippen LogP contribution in [0.5, 0.6) is 0 Å². The number of hydrogen-bond donors (Lipinski definition) is 1. The van der Waals surface area contributed by atoms with Gasteiger partial charge in [0.05, 0.1) is 0 Å². The van der Waals surface area contributed by atoms with Gasteiger partial charge in [-0.15, -0.1) is 0 Å². The maximum absolute atomic E-state index is 11.9. The Balaban J connectivity index is 1.90. The van der Waals surface area contributed by atoms with Crippen molar-refractivity contribution >= 4 is 50.4 Å². The Morgan fingerprint density at radius 3 is 2.60 bits per heavy atom. The van der Waals surface area contributed by atoms with Crippen LogP contribution in [0.4, 0.5) is 5.69 Å². The molecule has 0 fully saturated rings. The normalized spacial score (nSPS) is 17.9. The van der Waals surface area contributed by atoms with Crippen molar-refractivity contribution in [2.75, 3.05) is 19.4 Å². The van der Waals surface area contributed by atoms with E-state index in [1.165, 1.54) is 11.8 Å². The van der Waals surface area contributed by atoms with Crippen LogP contribution in [0.2, 0.25) is 0 Å². The fraction of sp³-hybridized carbons (Fsp3) is 0.308. The predicted molar refractivity (Wildman–Crippen MR) is 84.9 cm³/mol. The number of nitrogens with one attached hydrogen (secondary N) is 1. The van der Waals surface area contributed by atoms with E-state index in [0.717, 1.165) is 4.47 Å². The predicted octanol–water partition coefficient (Wildman–Crippen LogP) is 2.34. The molecule has 5 nitrogen and oxygen atoms in total. The molecule has 20 heavy (non-hydrogen) atoms. The Hall–Kier alpha value is -1.34. The molecule has 0 saturated heterocycles. The van der Waals surface area contributed by atoms with Crippen molar-refractivity contribution in [1.29, 1.82) is 0 Å². The minimum Gasteiger partial charge on any atom is -0.357 e. The highest BCUT2D eigenvalue weighted by Crippen LogP contribution is 2.26. The summed E-state index contributed by atoms with van der Waals surface area (Å²) in [6.07, 6.45) is 0.125. The van der Waals surface area contributed by atoms with Gasteiger partial charge in [0.25, 0.3) is 5.91 Å². The lowest BCUT2D eigenvalue weighted by Gasteiger charge is -2.11. The van der Waals surface area contributed by atoms with Crippen molar-refractivity contribution in [2.45, 2.75) is 11.7 Å². The fourth-order valence-corrected chi connectivity index (χ4v) is 2.88. The molecule has 0 bridgehead atoms. The quantitative estimate of drug-likeness (QED) is 0.903. The summed E-state index contributed by atoms with van der Waals surface area (Å²) < 4.78 is 0.945. The van der Waals surface area contributed by atoms with E-state index in [4.69, 9.17) is 0 Å². The van der Waals surface area contributed by atoms with E-state index in [-0.39, 0.29) is 18.2 Å². The number of amides is 2. The topological polar surface area (TPSA) is 61.8 Å². The van der Waals surface area contributed by atoms with Gasteiger partial charge in [0.15, 0.2) is 5.17 Å². The van der Waals surface area contributed by atoms with Crippen LogP contribution in [0.3, 0.4) is 0 Å². The van der Waals surface area contributed by atoms with Crippen LogP contribution in [0.15, 0.2) is 33.7 Å². The van der Waals surface area contributed by atoms with E-state index in [0.29, 0.717) is 10.9 Å². The monoisotopic (exact) mass is 355 g/mol. The molecule has 1 aromatic rings. The third kappa shape index (κ3) is 3.83. The maximum Gasteiger partial charge on any atom is 0.262 e. The van der Waals surface area contributed by atoms with Gasteiger partial charge in [-0.3, -0.25) is 9.59 Å². The zero-order valence-corrected chi connectivity index (χ0v) is 13.5. The molecule has 0 spiro atoms. The highest BCUT2D eigenvalue weighted by atomic mass is 79.9. The third-order valence-electron chi connectivity index (χ3n) is 2.61. The highest BCUT2D eigenvalue weighted by Gasteiger charge is 2.31. The molecule has 1 aromatic carbocycles. The second-order valence-corrected chi connectivity index (χ2v) is 6.58. The Bertz CT molecular complexity index is 557. The summed E-state index contributed by atoms with van der Waals surface area (Å²) in [7, 11) is 3.65. The molecule has 1 heterocycles. The molecule has 1 aliphatic heterocycles. The molecule has 106 valence electrons. The summed E-state index contributed by atoms with van der Waals surface area (Å²) in [6, 6.07) is 7.29. The molecule has 0 radical (unpaired) electrons. The minimum atomic E-state index is -0.428. The smallest absolute Gasteiger partial charge is 0.262 e. The van der Waals surface area contributed by atoms with Gasteiger partial charge in [-0.05, 0) is 24.3 Å². The van der Waals surface area contributed by atoms with Gasteiger partial charge in [0.1, 0.15) is 5.25 Å². The summed E-state index contributed by atoms with van der Waals surface area (Å²) in [5.41, 5.74) is 0.711. The Morgan fingerprint density at radius 2 is 2.05 bits per heavy atom. The SMILES string of the molecule is CN(C)C1=NC(=O)C(CC(=O)Nc2ccc(Br)cc2)S1. The van der Waals surface area contributed by atoms with Crippen LogP contribution in [0, 0.1) is 0 Å². The molecule has 0 aliphatic carbocycles. The first-order valence-corrected chi connectivity index (χ1v) is 7.65. The number of aliphatic imine (C=N–C) groups is 1. The third-order valence-corrected chi connectivity index (χ3v) is 4.46. The number of carbonyl (C=O) groups is 2. The number of carbonyl (C=O) groups excluding carboxylic acids is 2. The van der Waals surface area contributed by atoms with Crippen LogP contribution in [-0.2, 0) is 9.59 Å². The van der Waals surface area contributed by atoms with Crippen molar-refractivity contribution in [3.63, 3.8) is 0 Å². The highest BCUT2D eigenvalue weighted by molar-refractivity contribution is 9.10. The lowest BCUT2D eigenvalue weighted by molar-refractivity contribution is -0.121. The van der Waals surface area contributed by atoms with E-state index in [1.807, 2.05) is 26.2 Å². The van der Waals surface area contributed by atoms with E-state index < -0.39 is 5.25 Å². The van der Waals surface area contributed by atoms with Gasteiger partial charge in [-0.25, -0.2) is 0 Å². The van der Waals surface area contributed by atoms with Crippen LogP contribution in [0.1, 0.15) is 6.42 Å². The maximum atomic E-state index is 11.9. The first kappa shape index (κ1) is 15.1. The summed E-state index contributed by atoms with van der Waals surface area (Å²) in [5.74, 6) is -0.432. The first-order valence-electron chi connectivity index (χ1n) is 5.97. The van der Waals surface area contributed by atoms with Crippen LogP contribution in [-0.4, -0.2) is 41.2 Å². The summed E-state index contributed by atoms with van der Waals surface area (Å²) in [4.78, 5) is 29.3. The number of hydrogen-bond acceptors (Lipinski definition) is 4. The fourth-order valence-electron chi connectivity index (χ4n) is 1.62. The molecular weight excluding hydrogens is 342 g/mol. The first-order chi connectivity index (χ1) is 9.45. The zero-order valence-electron chi connectivity index (χ0n) is 11.1. The number of amidine groups is 1. The molecular formula is C13H14BrN3O2S. The lowest BCUT2D eigenvalue weighted by atomic mass is 10.2.